The van der Waals surface area contributed by atoms with Crippen LogP contribution >= 0.6 is 11.6 Å². The van der Waals surface area contributed by atoms with Crippen LogP contribution in [0.2, 0.25) is 5.02 Å². The average molecular weight is 431 g/mol. The normalized spacial score (nSPS) is 10.9. The third kappa shape index (κ3) is 8.07. The maximum absolute atomic E-state index is 12.1. The van der Waals surface area contributed by atoms with Crippen LogP contribution in [0.5, 0.6) is 11.5 Å². The highest BCUT2D eigenvalue weighted by Crippen LogP contribution is 2.36. The molecule has 0 unspecified atom stereocenters. The Bertz CT molecular complexity index is 810. The Labute approximate surface area is 184 Å². The lowest BCUT2D eigenvalue weighted by Gasteiger charge is -2.14. The molecule has 0 saturated heterocycles. The monoisotopic (exact) mass is 430 g/mol. The molecular formula is C24H31ClN2O3. The molecular weight excluding hydrogens is 400 g/mol. The Kier molecular flexibility index (Phi) is 10.8. The van der Waals surface area contributed by atoms with Crippen molar-refractivity contribution in [1.82, 2.24) is 5.43 Å². The van der Waals surface area contributed by atoms with Gasteiger partial charge in [-0.1, -0.05) is 68.8 Å². The predicted octanol–water partition coefficient (Wildman–Crippen LogP) is 6.24. The van der Waals surface area contributed by atoms with E-state index >= 15 is 0 Å². The van der Waals surface area contributed by atoms with E-state index in [1.807, 2.05) is 19.1 Å². The van der Waals surface area contributed by atoms with Crippen molar-refractivity contribution < 1.29 is 14.3 Å². The van der Waals surface area contributed by atoms with Gasteiger partial charge in [-0.2, -0.15) is 5.10 Å². The molecule has 0 bridgehead atoms. The van der Waals surface area contributed by atoms with Crippen LogP contribution in [0.25, 0.3) is 0 Å². The lowest BCUT2D eigenvalue weighted by molar-refractivity contribution is 0.0955. The Morgan fingerprint density at radius 3 is 2.50 bits per heavy atom. The fraction of sp³-hybridized carbons (Fsp3) is 0.417. The number of hydrogen-bond acceptors (Lipinski definition) is 4. The van der Waals surface area contributed by atoms with Crippen LogP contribution in [-0.4, -0.2) is 25.3 Å². The summed E-state index contributed by atoms with van der Waals surface area (Å²) >= 11 is 6.43. The second-order valence-electron chi connectivity index (χ2n) is 6.94. The maximum Gasteiger partial charge on any atom is 0.271 e. The molecule has 5 nitrogen and oxygen atoms in total. The van der Waals surface area contributed by atoms with Crippen LogP contribution in [0.15, 0.2) is 47.6 Å². The summed E-state index contributed by atoms with van der Waals surface area (Å²) in [6.07, 6.45) is 8.70. The third-order valence-electron chi connectivity index (χ3n) is 4.49. The van der Waals surface area contributed by atoms with Gasteiger partial charge in [0.2, 0.25) is 0 Å². The van der Waals surface area contributed by atoms with Crippen LogP contribution < -0.4 is 14.9 Å². The number of rotatable bonds is 13. The number of halogens is 1. The Hall–Kier alpha value is -2.53. The van der Waals surface area contributed by atoms with Crippen molar-refractivity contribution in [3.8, 4) is 11.5 Å². The Morgan fingerprint density at radius 1 is 1.03 bits per heavy atom. The van der Waals surface area contributed by atoms with Crippen molar-refractivity contribution >= 4 is 23.7 Å². The molecule has 0 heterocycles. The van der Waals surface area contributed by atoms with Gasteiger partial charge >= 0.3 is 0 Å². The zero-order chi connectivity index (χ0) is 21.6. The van der Waals surface area contributed by atoms with Crippen molar-refractivity contribution in [3.63, 3.8) is 0 Å². The molecule has 0 fully saturated rings. The number of hydrogen-bond donors (Lipinski definition) is 1. The van der Waals surface area contributed by atoms with E-state index in [1.165, 1.54) is 31.9 Å². The van der Waals surface area contributed by atoms with Crippen molar-refractivity contribution in [2.45, 2.75) is 52.4 Å². The molecule has 2 aromatic rings. The molecule has 162 valence electrons. The second kappa shape index (κ2) is 13.6. The predicted molar refractivity (Wildman–Crippen MR) is 123 cm³/mol. The standard InChI is InChI=1S/C24H31ClN2O3/c1-3-5-6-7-8-12-15-30-23-21(25)16-19(17-22(23)29-4-2)18-26-27-24(28)20-13-10-9-11-14-20/h9-11,13-14,16-18H,3-8,12,15H2,1-2H3,(H,27,28)/b26-18+. The molecule has 0 saturated carbocycles. The number of hydrazone groups is 1. The minimum atomic E-state index is -0.276. The van der Waals surface area contributed by atoms with Gasteiger partial charge in [-0.05, 0) is 43.2 Å². The molecule has 30 heavy (non-hydrogen) atoms. The Balaban J connectivity index is 1.95. The van der Waals surface area contributed by atoms with Crippen molar-refractivity contribution in [2.75, 3.05) is 13.2 Å². The Morgan fingerprint density at radius 2 is 1.77 bits per heavy atom. The van der Waals surface area contributed by atoms with E-state index in [0.717, 1.165) is 12.8 Å². The SMILES string of the molecule is CCCCCCCCOc1c(Cl)cc(/C=N/NC(=O)c2ccccc2)cc1OCC. The van der Waals surface area contributed by atoms with Crippen LogP contribution in [-0.2, 0) is 0 Å². The van der Waals surface area contributed by atoms with Crippen LogP contribution in [0.3, 0.4) is 0 Å². The number of nitrogens with zero attached hydrogens (tertiary/aromatic N) is 1. The van der Waals surface area contributed by atoms with Gasteiger partial charge in [0.15, 0.2) is 11.5 Å². The molecule has 2 rings (SSSR count). The number of carbonyl (C=O) groups excluding carboxylic acids is 1. The highest BCUT2D eigenvalue weighted by molar-refractivity contribution is 6.32. The quantitative estimate of drug-likeness (QED) is 0.232. The van der Waals surface area contributed by atoms with Gasteiger partial charge in [-0.25, -0.2) is 5.43 Å². The first-order valence-electron chi connectivity index (χ1n) is 10.6. The summed E-state index contributed by atoms with van der Waals surface area (Å²) in [7, 11) is 0. The minimum absolute atomic E-state index is 0.276. The van der Waals surface area contributed by atoms with Crippen molar-refractivity contribution in [2.24, 2.45) is 5.10 Å². The molecule has 0 spiro atoms. The second-order valence-corrected chi connectivity index (χ2v) is 7.35. The molecule has 0 aliphatic heterocycles. The number of nitrogens with one attached hydrogen (secondary N) is 1. The van der Waals surface area contributed by atoms with E-state index in [0.29, 0.717) is 40.9 Å². The molecule has 0 aromatic heterocycles. The van der Waals surface area contributed by atoms with Crippen molar-refractivity contribution in [3.05, 3.63) is 58.6 Å². The molecule has 0 aliphatic rings. The molecule has 1 N–H and O–H groups in total. The highest BCUT2D eigenvalue weighted by Gasteiger charge is 2.12. The molecule has 0 radical (unpaired) electrons. The van der Waals surface area contributed by atoms with E-state index in [4.69, 9.17) is 21.1 Å². The van der Waals surface area contributed by atoms with Gasteiger partial charge < -0.3 is 9.47 Å². The number of carbonyl (C=O) groups is 1. The molecule has 6 heteroatoms. The smallest absolute Gasteiger partial charge is 0.271 e. The zero-order valence-electron chi connectivity index (χ0n) is 17.8. The first kappa shape index (κ1) is 23.7. The summed E-state index contributed by atoms with van der Waals surface area (Å²) in [5.41, 5.74) is 3.77. The number of unbranched alkanes of at least 4 members (excludes halogenated alkanes) is 5. The van der Waals surface area contributed by atoms with Crippen LogP contribution in [0, 0.1) is 0 Å². The van der Waals surface area contributed by atoms with Gasteiger partial charge in [0.1, 0.15) is 0 Å². The van der Waals surface area contributed by atoms with E-state index in [-0.39, 0.29) is 5.91 Å². The first-order chi connectivity index (χ1) is 14.7. The van der Waals surface area contributed by atoms with Crippen LogP contribution in [0.4, 0.5) is 0 Å². The molecule has 1 amide bonds. The summed E-state index contributed by atoms with van der Waals surface area (Å²) in [6.45, 7) is 5.22. The molecule has 0 aliphatic carbocycles. The van der Waals surface area contributed by atoms with E-state index in [9.17, 15) is 4.79 Å². The fourth-order valence-corrected chi connectivity index (χ4v) is 3.22. The first-order valence-corrected chi connectivity index (χ1v) is 11.0. The van der Waals surface area contributed by atoms with Gasteiger partial charge in [0.25, 0.3) is 5.91 Å². The largest absolute Gasteiger partial charge is 0.490 e. The van der Waals surface area contributed by atoms with Gasteiger partial charge in [0, 0.05) is 5.56 Å². The van der Waals surface area contributed by atoms with Crippen molar-refractivity contribution in [1.29, 1.82) is 0 Å². The lowest BCUT2D eigenvalue weighted by Crippen LogP contribution is -2.17. The molecule has 2 aromatic carbocycles. The summed E-state index contributed by atoms with van der Waals surface area (Å²) < 4.78 is 11.6. The van der Waals surface area contributed by atoms with E-state index in [1.54, 1.807) is 30.3 Å². The minimum Gasteiger partial charge on any atom is -0.490 e. The van der Waals surface area contributed by atoms with Gasteiger partial charge in [-0.15, -0.1) is 0 Å². The maximum atomic E-state index is 12.1. The summed E-state index contributed by atoms with van der Waals surface area (Å²) in [5, 5.41) is 4.48. The van der Waals surface area contributed by atoms with E-state index < -0.39 is 0 Å². The summed E-state index contributed by atoms with van der Waals surface area (Å²) in [6, 6.07) is 12.5. The third-order valence-corrected chi connectivity index (χ3v) is 4.77. The number of benzene rings is 2. The highest BCUT2D eigenvalue weighted by atomic mass is 35.5. The number of ether oxygens (including phenoxy) is 2. The summed E-state index contributed by atoms with van der Waals surface area (Å²) in [5.74, 6) is 0.853. The summed E-state index contributed by atoms with van der Waals surface area (Å²) in [4.78, 5) is 12.1. The van der Waals surface area contributed by atoms with Gasteiger partial charge in [-0.3, -0.25) is 4.79 Å². The number of amides is 1. The zero-order valence-corrected chi connectivity index (χ0v) is 18.6. The van der Waals surface area contributed by atoms with Crippen LogP contribution in [0.1, 0.15) is 68.3 Å². The molecule has 0 atom stereocenters. The van der Waals surface area contributed by atoms with E-state index in [2.05, 4.69) is 17.5 Å². The lowest BCUT2D eigenvalue weighted by atomic mass is 10.1. The van der Waals surface area contributed by atoms with Gasteiger partial charge in [0.05, 0.1) is 24.5 Å². The average Bonchev–Trinajstić information content (AvgIpc) is 2.75. The topological polar surface area (TPSA) is 59.9 Å². The fourth-order valence-electron chi connectivity index (χ4n) is 2.94.